The molecule has 0 fully saturated rings. The number of aromatic amines is 2. The van der Waals surface area contributed by atoms with Gasteiger partial charge in [0.1, 0.15) is 0 Å². The highest BCUT2D eigenvalue weighted by molar-refractivity contribution is 7.10. The zero-order chi connectivity index (χ0) is 12.7. The van der Waals surface area contributed by atoms with Crippen molar-refractivity contribution in [1.29, 1.82) is 0 Å². The number of imidazole rings is 1. The van der Waals surface area contributed by atoms with E-state index in [1.807, 2.05) is 23.6 Å². The fraction of sp³-hybridized carbons (Fsp3) is 0.154. The summed E-state index contributed by atoms with van der Waals surface area (Å²) < 4.78 is 0. The SMILES string of the molecule is Cc1ccsc1C(N)c1ccc2[nH]c(=O)[nH]c2c1. The molecule has 0 amide bonds. The minimum atomic E-state index is -0.192. The van der Waals surface area contributed by atoms with Crippen LogP contribution in [0.5, 0.6) is 0 Å². The fourth-order valence-corrected chi connectivity index (χ4v) is 3.05. The Morgan fingerprint density at radius 2 is 2.00 bits per heavy atom. The molecular weight excluding hydrogens is 246 g/mol. The lowest BCUT2D eigenvalue weighted by Gasteiger charge is -2.11. The largest absolute Gasteiger partial charge is 0.323 e. The molecule has 4 N–H and O–H groups in total. The van der Waals surface area contributed by atoms with E-state index >= 15 is 0 Å². The van der Waals surface area contributed by atoms with E-state index in [2.05, 4.69) is 23.0 Å². The van der Waals surface area contributed by atoms with Gasteiger partial charge in [0.25, 0.3) is 0 Å². The summed E-state index contributed by atoms with van der Waals surface area (Å²) in [5, 5.41) is 2.04. The second-order valence-electron chi connectivity index (χ2n) is 4.33. The first-order chi connectivity index (χ1) is 8.65. The fourth-order valence-electron chi connectivity index (χ4n) is 2.10. The van der Waals surface area contributed by atoms with Gasteiger partial charge < -0.3 is 15.7 Å². The van der Waals surface area contributed by atoms with Crippen LogP contribution in [-0.4, -0.2) is 9.97 Å². The highest BCUT2D eigenvalue weighted by Crippen LogP contribution is 2.28. The molecule has 18 heavy (non-hydrogen) atoms. The molecule has 0 bridgehead atoms. The van der Waals surface area contributed by atoms with Crippen LogP contribution in [0.3, 0.4) is 0 Å². The van der Waals surface area contributed by atoms with Crippen molar-refractivity contribution in [2.45, 2.75) is 13.0 Å². The normalized spacial score (nSPS) is 13.0. The van der Waals surface area contributed by atoms with Gasteiger partial charge in [0.05, 0.1) is 17.1 Å². The van der Waals surface area contributed by atoms with E-state index in [9.17, 15) is 4.79 Å². The van der Waals surface area contributed by atoms with Crippen LogP contribution >= 0.6 is 11.3 Å². The van der Waals surface area contributed by atoms with Crippen molar-refractivity contribution in [1.82, 2.24) is 9.97 Å². The monoisotopic (exact) mass is 259 g/mol. The summed E-state index contributed by atoms with van der Waals surface area (Å²) in [4.78, 5) is 17.8. The number of fused-ring (bicyclic) bond motifs is 1. The Bertz CT molecular complexity index is 753. The molecule has 0 aliphatic rings. The van der Waals surface area contributed by atoms with Crippen LogP contribution in [0.25, 0.3) is 11.0 Å². The van der Waals surface area contributed by atoms with Crippen molar-refractivity contribution in [3.05, 3.63) is 56.1 Å². The molecule has 5 heteroatoms. The van der Waals surface area contributed by atoms with E-state index in [4.69, 9.17) is 5.73 Å². The van der Waals surface area contributed by atoms with Gasteiger partial charge in [0.2, 0.25) is 0 Å². The Morgan fingerprint density at radius 3 is 2.72 bits per heavy atom. The zero-order valence-electron chi connectivity index (χ0n) is 9.86. The van der Waals surface area contributed by atoms with Gasteiger partial charge in [-0.1, -0.05) is 6.07 Å². The standard InChI is InChI=1S/C13H13N3OS/c1-7-4-5-18-12(7)11(14)8-2-3-9-10(6-8)16-13(17)15-9/h2-6,11H,14H2,1H3,(H2,15,16,17). The Morgan fingerprint density at radius 1 is 1.22 bits per heavy atom. The molecular formula is C13H13N3OS. The molecule has 0 aliphatic carbocycles. The first-order valence-corrected chi connectivity index (χ1v) is 6.54. The average molecular weight is 259 g/mol. The van der Waals surface area contributed by atoms with Gasteiger partial charge in [-0.2, -0.15) is 0 Å². The molecule has 0 radical (unpaired) electrons. The number of nitrogens with two attached hydrogens (primary N) is 1. The summed E-state index contributed by atoms with van der Waals surface area (Å²) in [6.07, 6.45) is 0. The summed E-state index contributed by atoms with van der Waals surface area (Å²) >= 11 is 1.66. The Balaban J connectivity index is 2.09. The topological polar surface area (TPSA) is 74.7 Å². The number of hydrogen-bond donors (Lipinski definition) is 3. The molecule has 0 aliphatic heterocycles. The van der Waals surface area contributed by atoms with Crippen molar-refractivity contribution in [3.8, 4) is 0 Å². The summed E-state index contributed by atoms with van der Waals surface area (Å²) in [7, 11) is 0. The van der Waals surface area contributed by atoms with E-state index in [0.717, 1.165) is 21.5 Å². The van der Waals surface area contributed by atoms with Crippen LogP contribution in [0.15, 0.2) is 34.4 Å². The number of aromatic nitrogens is 2. The number of nitrogens with one attached hydrogen (secondary N) is 2. The van der Waals surface area contributed by atoms with Gasteiger partial charge >= 0.3 is 5.69 Å². The maximum Gasteiger partial charge on any atom is 0.323 e. The van der Waals surface area contributed by atoms with Gasteiger partial charge in [-0.25, -0.2) is 4.79 Å². The molecule has 4 nitrogen and oxygen atoms in total. The third-order valence-electron chi connectivity index (χ3n) is 3.08. The number of rotatable bonds is 2. The van der Waals surface area contributed by atoms with Crippen molar-refractivity contribution in [2.75, 3.05) is 0 Å². The van der Waals surface area contributed by atoms with Crippen molar-refractivity contribution in [3.63, 3.8) is 0 Å². The van der Waals surface area contributed by atoms with Crippen molar-refractivity contribution < 1.29 is 0 Å². The Kier molecular flexibility index (Phi) is 2.57. The highest BCUT2D eigenvalue weighted by Gasteiger charge is 2.13. The first-order valence-electron chi connectivity index (χ1n) is 5.66. The van der Waals surface area contributed by atoms with E-state index in [-0.39, 0.29) is 11.7 Å². The number of H-pyrrole nitrogens is 2. The molecule has 1 unspecified atom stereocenters. The van der Waals surface area contributed by atoms with Crippen LogP contribution in [0.2, 0.25) is 0 Å². The summed E-state index contributed by atoms with van der Waals surface area (Å²) in [6.45, 7) is 2.06. The average Bonchev–Trinajstić information content (AvgIpc) is 2.91. The van der Waals surface area contributed by atoms with E-state index < -0.39 is 0 Å². The second kappa shape index (κ2) is 4.12. The molecule has 1 aromatic carbocycles. The smallest absolute Gasteiger partial charge is 0.320 e. The molecule has 3 aromatic rings. The van der Waals surface area contributed by atoms with E-state index in [1.165, 1.54) is 5.56 Å². The summed E-state index contributed by atoms with van der Waals surface area (Å²) in [6, 6.07) is 7.68. The molecule has 3 rings (SSSR count). The van der Waals surface area contributed by atoms with Crippen LogP contribution in [0, 0.1) is 6.92 Å². The molecule has 92 valence electrons. The molecule has 2 aromatic heterocycles. The summed E-state index contributed by atoms with van der Waals surface area (Å²) in [5.74, 6) is 0. The van der Waals surface area contributed by atoms with Crippen LogP contribution in [0.1, 0.15) is 22.0 Å². The maximum absolute atomic E-state index is 11.2. The van der Waals surface area contributed by atoms with Gasteiger partial charge in [0, 0.05) is 4.88 Å². The van der Waals surface area contributed by atoms with Gasteiger partial charge in [-0.15, -0.1) is 11.3 Å². The highest BCUT2D eigenvalue weighted by atomic mass is 32.1. The molecule has 0 saturated heterocycles. The second-order valence-corrected chi connectivity index (χ2v) is 5.28. The number of aryl methyl sites for hydroxylation is 1. The molecule has 0 spiro atoms. The van der Waals surface area contributed by atoms with Crippen LogP contribution in [0.4, 0.5) is 0 Å². The minimum absolute atomic E-state index is 0.146. The van der Waals surface area contributed by atoms with E-state index in [1.54, 1.807) is 11.3 Å². The van der Waals surface area contributed by atoms with Crippen molar-refractivity contribution in [2.24, 2.45) is 5.73 Å². The lowest BCUT2D eigenvalue weighted by atomic mass is 10.0. The minimum Gasteiger partial charge on any atom is -0.320 e. The van der Waals surface area contributed by atoms with Crippen LogP contribution in [-0.2, 0) is 0 Å². The third kappa shape index (κ3) is 1.77. The Labute approximate surface area is 107 Å². The summed E-state index contributed by atoms with van der Waals surface area (Å²) in [5.41, 5.74) is 9.88. The predicted octanol–water partition coefficient (Wildman–Crippen LogP) is 2.27. The first kappa shape index (κ1) is 11.3. The van der Waals surface area contributed by atoms with E-state index in [0.29, 0.717) is 0 Å². The maximum atomic E-state index is 11.2. The zero-order valence-corrected chi connectivity index (χ0v) is 10.7. The molecule has 0 saturated carbocycles. The van der Waals surface area contributed by atoms with Crippen molar-refractivity contribution >= 4 is 22.4 Å². The number of hydrogen-bond acceptors (Lipinski definition) is 3. The third-order valence-corrected chi connectivity index (χ3v) is 4.19. The lowest BCUT2D eigenvalue weighted by Crippen LogP contribution is -2.11. The number of benzene rings is 1. The van der Waals surface area contributed by atoms with Gasteiger partial charge in [-0.3, -0.25) is 0 Å². The Hall–Kier alpha value is -1.85. The van der Waals surface area contributed by atoms with Gasteiger partial charge in [0.15, 0.2) is 0 Å². The lowest BCUT2D eigenvalue weighted by molar-refractivity contribution is 0.887. The molecule has 2 heterocycles. The molecule has 1 atom stereocenters. The quantitative estimate of drug-likeness (QED) is 0.660. The number of thiophene rings is 1. The predicted molar refractivity (Wildman–Crippen MR) is 74.0 cm³/mol. The van der Waals surface area contributed by atoms with Crippen LogP contribution < -0.4 is 11.4 Å². The van der Waals surface area contributed by atoms with Gasteiger partial charge in [-0.05, 0) is 41.6 Å².